The number of carbonyl (C=O) groups excluding carboxylic acids is 1. The van der Waals surface area contributed by atoms with Crippen LogP contribution in [-0.2, 0) is 24.3 Å². The summed E-state index contributed by atoms with van der Waals surface area (Å²) in [4.78, 5) is 14.4. The van der Waals surface area contributed by atoms with E-state index >= 15 is 0 Å². The number of carbonyl (C=O) groups is 1. The third-order valence-corrected chi connectivity index (χ3v) is 4.49. The molecule has 1 amide bonds. The topological polar surface area (TPSA) is 56.0 Å². The third-order valence-electron chi connectivity index (χ3n) is 4.49. The van der Waals surface area contributed by atoms with Crippen LogP contribution in [0.4, 0.5) is 0 Å². The highest BCUT2D eigenvalue weighted by molar-refractivity contribution is 5.78. The lowest BCUT2D eigenvalue weighted by molar-refractivity contribution is -0.132. The van der Waals surface area contributed by atoms with Crippen molar-refractivity contribution in [1.29, 1.82) is 0 Å². The molecule has 1 aliphatic heterocycles. The molecule has 122 valence electrons. The van der Waals surface area contributed by atoms with Crippen LogP contribution in [-0.4, -0.2) is 36.7 Å². The first-order valence-electron chi connectivity index (χ1n) is 8.09. The van der Waals surface area contributed by atoms with Crippen molar-refractivity contribution >= 4 is 5.91 Å². The second kappa shape index (κ2) is 5.96. The van der Waals surface area contributed by atoms with Gasteiger partial charge in [-0.15, -0.1) is 10.2 Å². The van der Waals surface area contributed by atoms with Crippen molar-refractivity contribution in [3.63, 3.8) is 0 Å². The molecule has 0 spiro atoms. The Morgan fingerprint density at radius 3 is 2.58 bits per heavy atom. The van der Waals surface area contributed by atoms with Crippen molar-refractivity contribution in [2.45, 2.75) is 26.4 Å². The first-order chi connectivity index (χ1) is 11.7. The van der Waals surface area contributed by atoms with Gasteiger partial charge in [-0.05, 0) is 36.8 Å². The van der Waals surface area contributed by atoms with Gasteiger partial charge < -0.3 is 14.0 Å². The summed E-state index contributed by atoms with van der Waals surface area (Å²) in [7, 11) is 0. The van der Waals surface area contributed by atoms with E-state index in [1.54, 1.807) is 0 Å². The maximum Gasteiger partial charge on any atom is 0.227 e. The average molecular weight is 321 g/mol. The monoisotopic (exact) mass is 321 g/mol. The highest BCUT2D eigenvalue weighted by Crippen LogP contribution is 2.15. The Morgan fingerprint density at radius 2 is 1.83 bits per heavy atom. The Kier molecular flexibility index (Phi) is 3.65. The highest BCUT2D eigenvalue weighted by Gasteiger charge is 2.23. The molecular weight excluding hydrogens is 302 g/mol. The fourth-order valence-corrected chi connectivity index (χ4v) is 3.10. The molecule has 4 rings (SSSR count). The van der Waals surface area contributed by atoms with Gasteiger partial charge in [0.2, 0.25) is 5.91 Å². The molecule has 24 heavy (non-hydrogen) atoms. The second-order valence-corrected chi connectivity index (χ2v) is 6.06. The molecule has 1 aromatic carbocycles. The van der Waals surface area contributed by atoms with Crippen molar-refractivity contribution in [2.24, 2.45) is 0 Å². The van der Waals surface area contributed by atoms with E-state index in [4.69, 9.17) is 0 Å². The van der Waals surface area contributed by atoms with Gasteiger partial charge in [-0.3, -0.25) is 4.79 Å². The van der Waals surface area contributed by atoms with Crippen LogP contribution in [0.5, 0.6) is 0 Å². The smallest absolute Gasteiger partial charge is 0.227 e. The van der Waals surface area contributed by atoms with Crippen LogP contribution in [0.15, 0.2) is 48.8 Å². The van der Waals surface area contributed by atoms with Crippen LogP contribution >= 0.6 is 0 Å². The maximum atomic E-state index is 12.6. The molecule has 6 nitrogen and oxygen atoms in total. The molecule has 0 N–H and O–H groups in total. The van der Waals surface area contributed by atoms with Gasteiger partial charge in [-0.25, -0.2) is 0 Å². The van der Waals surface area contributed by atoms with Gasteiger partial charge in [-0.1, -0.05) is 12.1 Å². The zero-order chi connectivity index (χ0) is 16.5. The normalized spacial score (nSPS) is 13.8. The fourth-order valence-electron chi connectivity index (χ4n) is 3.10. The van der Waals surface area contributed by atoms with Gasteiger partial charge in [-0.2, -0.15) is 0 Å². The summed E-state index contributed by atoms with van der Waals surface area (Å²) >= 11 is 0. The zero-order valence-corrected chi connectivity index (χ0v) is 13.6. The van der Waals surface area contributed by atoms with Gasteiger partial charge in [0, 0.05) is 31.2 Å². The van der Waals surface area contributed by atoms with Gasteiger partial charge >= 0.3 is 0 Å². The molecule has 0 bridgehead atoms. The highest BCUT2D eigenvalue weighted by atomic mass is 16.2. The lowest BCUT2D eigenvalue weighted by atomic mass is 10.1. The van der Waals surface area contributed by atoms with E-state index in [1.807, 2.05) is 65.2 Å². The van der Waals surface area contributed by atoms with E-state index in [9.17, 15) is 4.79 Å². The van der Waals surface area contributed by atoms with Gasteiger partial charge in [0.1, 0.15) is 5.82 Å². The molecule has 0 fully saturated rings. The van der Waals surface area contributed by atoms with Crippen LogP contribution in [0.25, 0.3) is 5.69 Å². The summed E-state index contributed by atoms with van der Waals surface area (Å²) in [5.74, 6) is 1.92. The average Bonchev–Trinajstić information content (AvgIpc) is 3.26. The number of aryl methyl sites for hydroxylation is 1. The van der Waals surface area contributed by atoms with E-state index in [2.05, 4.69) is 14.8 Å². The Balaban J connectivity index is 1.43. The molecule has 0 radical (unpaired) electrons. The maximum absolute atomic E-state index is 12.6. The Hall–Kier alpha value is -2.89. The van der Waals surface area contributed by atoms with E-state index in [0.29, 0.717) is 19.5 Å². The predicted octanol–water partition coefficient (Wildman–Crippen LogP) is 1.96. The first-order valence-corrected chi connectivity index (χ1v) is 8.09. The van der Waals surface area contributed by atoms with Crippen molar-refractivity contribution in [2.75, 3.05) is 6.54 Å². The SMILES string of the molecule is Cc1nnc2n1CCN(C(=O)Cc1ccc(-n3cccc3)cc1)C2. The van der Waals surface area contributed by atoms with Crippen LogP contribution in [0.2, 0.25) is 0 Å². The predicted molar refractivity (Wildman–Crippen MR) is 89.6 cm³/mol. The van der Waals surface area contributed by atoms with E-state index in [-0.39, 0.29) is 5.91 Å². The summed E-state index contributed by atoms with van der Waals surface area (Å²) in [6, 6.07) is 12.1. The Bertz CT molecular complexity index is 848. The van der Waals surface area contributed by atoms with Crippen molar-refractivity contribution in [1.82, 2.24) is 24.2 Å². The minimum absolute atomic E-state index is 0.135. The van der Waals surface area contributed by atoms with E-state index < -0.39 is 0 Å². The molecule has 1 aliphatic rings. The summed E-state index contributed by atoms with van der Waals surface area (Å²) in [5.41, 5.74) is 2.12. The minimum Gasteiger partial charge on any atom is -0.333 e. The van der Waals surface area contributed by atoms with Crippen molar-refractivity contribution < 1.29 is 4.79 Å². The lowest BCUT2D eigenvalue weighted by Gasteiger charge is -2.27. The molecule has 0 atom stereocenters. The van der Waals surface area contributed by atoms with Crippen LogP contribution in [0.1, 0.15) is 17.2 Å². The van der Waals surface area contributed by atoms with Crippen molar-refractivity contribution in [3.05, 3.63) is 66.0 Å². The van der Waals surface area contributed by atoms with E-state index in [0.717, 1.165) is 29.4 Å². The molecule has 6 heteroatoms. The van der Waals surface area contributed by atoms with Crippen LogP contribution in [0.3, 0.4) is 0 Å². The molecular formula is C18H19N5O. The van der Waals surface area contributed by atoms with Crippen molar-refractivity contribution in [3.8, 4) is 5.69 Å². The number of rotatable bonds is 3. The van der Waals surface area contributed by atoms with Gasteiger partial charge in [0.15, 0.2) is 5.82 Å². The number of benzene rings is 1. The molecule has 0 unspecified atom stereocenters. The molecule has 0 saturated heterocycles. The number of hydrogen-bond acceptors (Lipinski definition) is 3. The molecule has 3 aromatic rings. The summed E-state index contributed by atoms with van der Waals surface area (Å²) < 4.78 is 4.13. The third kappa shape index (κ3) is 2.71. The van der Waals surface area contributed by atoms with Crippen LogP contribution in [0, 0.1) is 6.92 Å². The number of fused-ring (bicyclic) bond motifs is 1. The zero-order valence-electron chi connectivity index (χ0n) is 13.6. The summed E-state index contributed by atoms with van der Waals surface area (Å²) in [5, 5.41) is 8.24. The van der Waals surface area contributed by atoms with E-state index in [1.165, 1.54) is 0 Å². The minimum atomic E-state index is 0.135. The molecule has 2 aromatic heterocycles. The fraction of sp³-hybridized carbons (Fsp3) is 0.278. The Morgan fingerprint density at radius 1 is 1.08 bits per heavy atom. The number of amides is 1. The number of aromatic nitrogens is 4. The first kappa shape index (κ1) is 14.7. The summed E-state index contributed by atoms with van der Waals surface area (Å²) in [6.07, 6.45) is 4.43. The quantitative estimate of drug-likeness (QED) is 0.741. The molecule has 3 heterocycles. The second-order valence-electron chi connectivity index (χ2n) is 6.06. The van der Waals surface area contributed by atoms with Gasteiger partial charge in [0.25, 0.3) is 0 Å². The standard InChI is InChI=1S/C18H19N5O/c1-14-19-20-17-13-22(10-11-23(14)17)18(24)12-15-4-6-16(7-5-15)21-8-2-3-9-21/h2-9H,10-13H2,1H3. The number of nitrogens with zero attached hydrogens (tertiary/aromatic N) is 5. The van der Waals surface area contributed by atoms with Crippen LogP contribution < -0.4 is 0 Å². The lowest BCUT2D eigenvalue weighted by Crippen LogP contribution is -2.39. The summed E-state index contributed by atoms with van der Waals surface area (Å²) in [6.45, 7) is 3.97. The largest absolute Gasteiger partial charge is 0.333 e. The molecule has 0 saturated carbocycles. The Labute approximate surface area is 140 Å². The number of hydrogen-bond donors (Lipinski definition) is 0. The van der Waals surface area contributed by atoms with Gasteiger partial charge in [0.05, 0.1) is 13.0 Å². The molecule has 0 aliphatic carbocycles.